The van der Waals surface area contributed by atoms with Crippen molar-refractivity contribution in [1.82, 2.24) is 20.1 Å². The monoisotopic (exact) mass is 338 g/mol. The summed E-state index contributed by atoms with van der Waals surface area (Å²) in [6.07, 6.45) is 1.71. The highest BCUT2D eigenvalue weighted by Gasteiger charge is 2.16. The highest BCUT2D eigenvalue weighted by Crippen LogP contribution is 2.21. The highest BCUT2D eigenvalue weighted by atomic mass is 16.5. The smallest absolute Gasteiger partial charge is 0.252 e. The van der Waals surface area contributed by atoms with Crippen LogP contribution in [0.3, 0.4) is 0 Å². The number of aromatic nitrogens is 3. The maximum Gasteiger partial charge on any atom is 0.252 e. The second-order valence-corrected chi connectivity index (χ2v) is 6.26. The number of carbonyl (C=O) groups excluding carboxylic acids is 1. The van der Waals surface area contributed by atoms with Gasteiger partial charge in [0.2, 0.25) is 0 Å². The van der Waals surface area contributed by atoms with Crippen molar-refractivity contribution in [2.24, 2.45) is 0 Å². The Morgan fingerprint density at radius 3 is 2.64 bits per heavy atom. The molecule has 0 radical (unpaired) electrons. The predicted octanol–water partition coefficient (Wildman–Crippen LogP) is 3.26. The van der Waals surface area contributed by atoms with E-state index in [2.05, 4.69) is 15.4 Å². The minimum atomic E-state index is -0.130. The van der Waals surface area contributed by atoms with E-state index in [1.165, 1.54) is 0 Å². The Bertz CT molecular complexity index is 898. The van der Waals surface area contributed by atoms with Gasteiger partial charge in [-0.3, -0.25) is 4.79 Å². The van der Waals surface area contributed by atoms with E-state index in [1.54, 1.807) is 19.4 Å². The van der Waals surface area contributed by atoms with Crippen molar-refractivity contribution in [3.63, 3.8) is 0 Å². The Kier molecular flexibility index (Phi) is 4.70. The third-order valence-electron chi connectivity index (χ3n) is 4.04. The van der Waals surface area contributed by atoms with Gasteiger partial charge in [-0.25, -0.2) is 9.67 Å². The van der Waals surface area contributed by atoms with Crippen LogP contribution in [-0.2, 0) is 6.54 Å². The average molecular weight is 338 g/mol. The number of nitrogens with one attached hydrogen (secondary N) is 1. The SMILES string of the molecule is COc1ccc(CNC(=O)c2cc(C)nc3c2cnn3C(C)C)cc1. The molecule has 1 aromatic carbocycles. The third kappa shape index (κ3) is 3.47. The number of nitrogens with zero attached hydrogens (tertiary/aromatic N) is 3. The van der Waals surface area contributed by atoms with Crippen LogP contribution < -0.4 is 10.1 Å². The van der Waals surface area contributed by atoms with Gasteiger partial charge in [0.05, 0.1) is 24.3 Å². The number of hydrogen-bond donors (Lipinski definition) is 1. The Balaban J connectivity index is 1.84. The zero-order chi connectivity index (χ0) is 18.0. The fraction of sp³-hybridized carbons (Fsp3) is 0.316. The van der Waals surface area contributed by atoms with Crippen LogP contribution in [0.5, 0.6) is 5.75 Å². The molecule has 0 fully saturated rings. The van der Waals surface area contributed by atoms with Gasteiger partial charge in [-0.15, -0.1) is 0 Å². The van der Waals surface area contributed by atoms with Crippen LogP contribution in [0.1, 0.15) is 41.5 Å². The number of hydrogen-bond acceptors (Lipinski definition) is 4. The Morgan fingerprint density at radius 2 is 2.00 bits per heavy atom. The highest BCUT2D eigenvalue weighted by molar-refractivity contribution is 6.05. The zero-order valence-electron chi connectivity index (χ0n) is 14.9. The second-order valence-electron chi connectivity index (χ2n) is 6.26. The molecule has 0 saturated carbocycles. The van der Waals surface area contributed by atoms with Crippen molar-refractivity contribution < 1.29 is 9.53 Å². The molecule has 3 aromatic rings. The third-order valence-corrected chi connectivity index (χ3v) is 4.04. The fourth-order valence-electron chi connectivity index (χ4n) is 2.73. The van der Waals surface area contributed by atoms with E-state index >= 15 is 0 Å². The molecule has 1 amide bonds. The van der Waals surface area contributed by atoms with Gasteiger partial charge < -0.3 is 10.1 Å². The van der Waals surface area contributed by atoms with Crippen molar-refractivity contribution in [3.05, 3.63) is 53.3 Å². The topological polar surface area (TPSA) is 69.0 Å². The summed E-state index contributed by atoms with van der Waals surface area (Å²) < 4.78 is 6.98. The Hall–Kier alpha value is -2.89. The largest absolute Gasteiger partial charge is 0.497 e. The van der Waals surface area contributed by atoms with E-state index in [1.807, 2.05) is 49.7 Å². The van der Waals surface area contributed by atoms with Crippen molar-refractivity contribution >= 4 is 16.9 Å². The van der Waals surface area contributed by atoms with E-state index < -0.39 is 0 Å². The lowest BCUT2D eigenvalue weighted by atomic mass is 10.1. The first-order chi connectivity index (χ1) is 12.0. The van der Waals surface area contributed by atoms with Gasteiger partial charge >= 0.3 is 0 Å². The van der Waals surface area contributed by atoms with Gasteiger partial charge in [0.15, 0.2) is 5.65 Å². The summed E-state index contributed by atoms with van der Waals surface area (Å²) in [7, 11) is 1.63. The van der Waals surface area contributed by atoms with E-state index in [0.717, 1.165) is 28.0 Å². The van der Waals surface area contributed by atoms with Crippen molar-refractivity contribution in [2.45, 2.75) is 33.4 Å². The molecule has 0 bridgehead atoms. The van der Waals surface area contributed by atoms with Crippen LogP contribution in [0, 0.1) is 6.92 Å². The Labute approximate surface area is 146 Å². The Morgan fingerprint density at radius 1 is 1.28 bits per heavy atom. The summed E-state index contributed by atoms with van der Waals surface area (Å²) in [6, 6.07) is 9.61. The molecule has 3 rings (SSSR count). The molecule has 0 aliphatic heterocycles. The van der Waals surface area contributed by atoms with Crippen LogP contribution in [0.4, 0.5) is 0 Å². The van der Waals surface area contributed by atoms with Crippen molar-refractivity contribution in [2.75, 3.05) is 7.11 Å². The molecule has 0 saturated heterocycles. The van der Waals surface area contributed by atoms with Crippen LogP contribution in [0.2, 0.25) is 0 Å². The predicted molar refractivity (Wildman–Crippen MR) is 96.8 cm³/mol. The molecule has 0 unspecified atom stereocenters. The quantitative estimate of drug-likeness (QED) is 0.775. The average Bonchev–Trinajstić information content (AvgIpc) is 3.03. The van der Waals surface area contributed by atoms with Gasteiger partial charge in [-0.2, -0.15) is 5.10 Å². The summed E-state index contributed by atoms with van der Waals surface area (Å²) >= 11 is 0. The molecular formula is C19H22N4O2. The number of benzene rings is 1. The number of aryl methyl sites for hydroxylation is 1. The van der Waals surface area contributed by atoms with Gasteiger partial charge in [-0.05, 0) is 44.5 Å². The minimum absolute atomic E-state index is 0.130. The summed E-state index contributed by atoms with van der Waals surface area (Å²) in [5, 5.41) is 8.11. The number of pyridine rings is 1. The van der Waals surface area contributed by atoms with Crippen LogP contribution in [0.15, 0.2) is 36.5 Å². The molecule has 0 atom stereocenters. The maximum atomic E-state index is 12.7. The van der Waals surface area contributed by atoms with E-state index in [-0.39, 0.29) is 11.9 Å². The standard InChI is InChI=1S/C19H22N4O2/c1-12(2)23-18-17(11-21-23)16(9-13(3)22-18)19(24)20-10-14-5-7-15(25-4)8-6-14/h5-9,11-12H,10H2,1-4H3,(H,20,24). The zero-order valence-corrected chi connectivity index (χ0v) is 14.9. The number of amides is 1. The first-order valence-corrected chi connectivity index (χ1v) is 8.25. The fourth-order valence-corrected chi connectivity index (χ4v) is 2.73. The molecule has 0 aliphatic carbocycles. The molecule has 6 heteroatoms. The van der Waals surface area contributed by atoms with Crippen LogP contribution in [0.25, 0.3) is 11.0 Å². The summed E-state index contributed by atoms with van der Waals surface area (Å²) in [4.78, 5) is 17.2. The second kappa shape index (κ2) is 6.93. The summed E-state index contributed by atoms with van der Waals surface area (Å²) in [5.41, 5.74) is 3.14. The number of rotatable bonds is 5. The molecule has 2 aromatic heterocycles. The number of ether oxygens (including phenoxy) is 1. The van der Waals surface area contributed by atoms with Crippen molar-refractivity contribution in [3.8, 4) is 5.75 Å². The first-order valence-electron chi connectivity index (χ1n) is 8.25. The van der Waals surface area contributed by atoms with Gasteiger partial charge in [0.1, 0.15) is 5.75 Å². The van der Waals surface area contributed by atoms with E-state index in [4.69, 9.17) is 4.74 Å². The normalized spacial score (nSPS) is 11.1. The van der Waals surface area contributed by atoms with Crippen LogP contribution >= 0.6 is 0 Å². The molecular weight excluding hydrogens is 316 g/mol. The molecule has 6 nitrogen and oxygen atoms in total. The molecule has 0 spiro atoms. The van der Waals surface area contributed by atoms with Gasteiger partial charge in [-0.1, -0.05) is 12.1 Å². The summed E-state index contributed by atoms with van der Waals surface area (Å²) in [5.74, 6) is 0.664. The van der Waals surface area contributed by atoms with Crippen molar-refractivity contribution in [1.29, 1.82) is 0 Å². The summed E-state index contributed by atoms with van der Waals surface area (Å²) in [6.45, 7) is 6.42. The molecule has 130 valence electrons. The van der Waals surface area contributed by atoms with Gasteiger partial charge in [0.25, 0.3) is 5.91 Å². The first kappa shape index (κ1) is 17.0. The maximum absolute atomic E-state index is 12.7. The lowest BCUT2D eigenvalue weighted by Crippen LogP contribution is -2.23. The van der Waals surface area contributed by atoms with Gasteiger partial charge in [0, 0.05) is 18.3 Å². The number of fused-ring (bicyclic) bond motifs is 1. The van der Waals surface area contributed by atoms with Crippen LogP contribution in [-0.4, -0.2) is 27.8 Å². The minimum Gasteiger partial charge on any atom is -0.497 e. The number of methoxy groups -OCH3 is 1. The number of carbonyl (C=O) groups is 1. The van der Waals surface area contributed by atoms with E-state index in [0.29, 0.717) is 12.1 Å². The molecule has 0 aliphatic rings. The molecule has 1 N–H and O–H groups in total. The lowest BCUT2D eigenvalue weighted by molar-refractivity contribution is 0.0952. The molecule has 2 heterocycles. The molecule has 25 heavy (non-hydrogen) atoms. The van der Waals surface area contributed by atoms with E-state index in [9.17, 15) is 4.79 Å². The lowest BCUT2D eigenvalue weighted by Gasteiger charge is -2.10.